The molecule has 3 nitrogen and oxygen atoms in total. The summed E-state index contributed by atoms with van der Waals surface area (Å²) in [5, 5.41) is 0. The smallest absolute Gasteiger partial charge is 0.333 e. The van der Waals surface area contributed by atoms with E-state index < -0.39 is 0 Å². The van der Waals surface area contributed by atoms with Crippen molar-refractivity contribution in [2.45, 2.75) is 123 Å². The lowest BCUT2D eigenvalue weighted by Crippen LogP contribution is -2.65. The minimum absolute atomic E-state index is 0.0613. The van der Waals surface area contributed by atoms with Gasteiger partial charge in [-0.1, -0.05) is 58.4 Å². The Morgan fingerprint density at radius 1 is 1.04 bits per heavy atom. The quantitative estimate of drug-likeness (QED) is 0.245. The van der Waals surface area contributed by atoms with Gasteiger partial charge in [0.05, 0.1) is 5.54 Å². The molecule has 1 rings (SSSR count). The number of carbonyl (C=O) groups excluding carboxylic acids is 1. The van der Waals surface area contributed by atoms with Crippen LogP contribution in [0.2, 0.25) is 0 Å². The van der Waals surface area contributed by atoms with Gasteiger partial charge in [-0.2, -0.15) is 0 Å². The summed E-state index contributed by atoms with van der Waals surface area (Å²) in [6.07, 6.45) is 12.6. The molecule has 1 heterocycles. The van der Waals surface area contributed by atoms with E-state index in [0.717, 1.165) is 19.4 Å². The van der Waals surface area contributed by atoms with Crippen molar-refractivity contribution in [3.63, 3.8) is 0 Å². The van der Waals surface area contributed by atoms with Crippen LogP contribution in [-0.2, 0) is 9.53 Å². The molecule has 1 aliphatic heterocycles. The number of rotatable bonds is 11. The number of unbranched alkanes of at least 4 members (excludes halogenated alkanes) is 7. The Hall–Kier alpha value is -0.830. The molecular formula is C23H43NO2. The van der Waals surface area contributed by atoms with Crippen LogP contribution in [0.5, 0.6) is 0 Å². The van der Waals surface area contributed by atoms with E-state index in [-0.39, 0.29) is 23.2 Å². The topological polar surface area (TPSA) is 29.5 Å². The Kier molecular flexibility index (Phi) is 9.36. The lowest BCUT2D eigenvalue weighted by atomic mass is 9.77. The monoisotopic (exact) mass is 365 g/mol. The number of piperidine rings is 1. The fraction of sp³-hybridized carbons (Fsp3) is 0.870. The van der Waals surface area contributed by atoms with Crippen LogP contribution in [0.3, 0.4) is 0 Å². The molecule has 3 heteroatoms. The van der Waals surface area contributed by atoms with Crippen LogP contribution in [-0.4, -0.2) is 34.6 Å². The van der Waals surface area contributed by atoms with Crippen molar-refractivity contribution in [1.82, 2.24) is 4.90 Å². The highest BCUT2D eigenvalue weighted by Crippen LogP contribution is 2.40. The molecule has 0 N–H and O–H groups in total. The van der Waals surface area contributed by atoms with E-state index in [0.29, 0.717) is 5.57 Å². The average molecular weight is 366 g/mol. The highest BCUT2D eigenvalue weighted by atomic mass is 16.5. The van der Waals surface area contributed by atoms with Crippen molar-refractivity contribution in [2.24, 2.45) is 0 Å². The van der Waals surface area contributed by atoms with Gasteiger partial charge in [0.15, 0.2) is 0 Å². The van der Waals surface area contributed by atoms with Crippen molar-refractivity contribution in [2.75, 3.05) is 6.54 Å². The van der Waals surface area contributed by atoms with Gasteiger partial charge in [0.25, 0.3) is 0 Å². The molecule has 0 aromatic rings. The van der Waals surface area contributed by atoms with E-state index in [1.165, 1.54) is 51.4 Å². The molecule has 1 fully saturated rings. The largest absolute Gasteiger partial charge is 0.457 e. The molecule has 1 atom stereocenters. The third kappa shape index (κ3) is 6.72. The van der Waals surface area contributed by atoms with E-state index in [2.05, 4.69) is 46.1 Å². The van der Waals surface area contributed by atoms with E-state index in [9.17, 15) is 4.79 Å². The standard InChI is InChI=1S/C23H43NO2/c1-8-9-10-11-12-13-14-15-18-24-22(4,5)17-16-20(23(24,6)7)26-21(25)19(2)3/h20H,2,8-18H2,1,3-7H3. The minimum atomic E-state index is -0.255. The molecule has 0 radical (unpaired) electrons. The Bertz CT molecular complexity index is 453. The molecule has 0 spiro atoms. The lowest BCUT2D eigenvalue weighted by Gasteiger charge is -2.56. The Morgan fingerprint density at radius 3 is 2.12 bits per heavy atom. The summed E-state index contributed by atoms with van der Waals surface area (Å²) in [4.78, 5) is 14.6. The number of hydrogen-bond acceptors (Lipinski definition) is 3. The van der Waals surface area contributed by atoms with Crippen LogP contribution in [0.15, 0.2) is 12.2 Å². The number of carbonyl (C=O) groups is 1. The summed E-state index contributed by atoms with van der Waals surface area (Å²) < 4.78 is 5.79. The van der Waals surface area contributed by atoms with Crippen molar-refractivity contribution >= 4 is 5.97 Å². The molecule has 0 bridgehead atoms. The molecule has 0 amide bonds. The van der Waals surface area contributed by atoms with Crippen molar-refractivity contribution < 1.29 is 9.53 Å². The second-order valence-corrected chi connectivity index (χ2v) is 9.31. The maximum absolute atomic E-state index is 12.0. The normalized spacial score (nSPS) is 22.2. The lowest BCUT2D eigenvalue weighted by molar-refractivity contribution is -0.166. The van der Waals surface area contributed by atoms with Crippen LogP contribution < -0.4 is 0 Å². The van der Waals surface area contributed by atoms with Crippen LogP contribution in [0, 0.1) is 0 Å². The van der Waals surface area contributed by atoms with Crippen LogP contribution in [0.4, 0.5) is 0 Å². The fourth-order valence-corrected chi connectivity index (χ4v) is 4.35. The van der Waals surface area contributed by atoms with Crippen molar-refractivity contribution in [3.8, 4) is 0 Å². The number of likely N-dealkylation sites (tertiary alicyclic amines) is 1. The SMILES string of the molecule is C=C(C)C(=O)OC1CCC(C)(C)N(CCCCCCCCCC)C1(C)C. The summed E-state index contributed by atoms with van der Waals surface area (Å²) in [6.45, 7) is 17.9. The number of hydrogen-bond donors (Lipinski definition) is 0. The van der Waals surface area contributed by atoms with Crippen molar-refractivity contribution in [3.05, 3.63) is 12.2 Å². The molecular weight excluding hydrogens is 322 g/mol. The summed E-state index contributed by atoms with van der Waals surface area (Å²) in [7, 11) is 0. The summed E-state index contributed by atoms with van der Waals surface area (Å²) in [5.74, 6) is -0.255. The van der Waals surface area contributed by atoms with E-state index in [4.69, 9.17) is 4.74 Å². The van der Waals surface area contributed by atoms with Crippen LogP contribution in [0.25, 0.3) is 0 Å². The van der Waals surface area contributed by atoms with Gasteiger partial charge in [0, 0.05) is 11.1 Å². The third-order valence-corrected chi connectivity index (χ3v) is 6.07. The van der Waals surface area contributed by atoms with Gasteiger partial charge >= 0.3 is 5.97 Å². The van der Waals surface area contributed by atoms with Gasteiger partial charge < -0.3 is 4.74 Å². The van der Waals surface area contributed by atoms with Crippen LogP contribution >= 0.6 is 0 Å². The van der Waals surface area contributed by atoms with Gasteiger partial charge in [0.2, 0.25) is 0 Å². The molecule has 1 saturated heterocycles. The van der Waals surface area contributed by atoms with Gasteiger partial charge in [0.1, 0.15) is 6.10 Å². The zero-order valence-corrected chi connectivity index (χ0v) is 18.3. The number of esters is 1. The molecule has 0 aromatic carbocycles. The summed E-state index contributed by atoms with van der Waals surface area (Å²) >= 11 is 0. The summed E-state index contributed by atoms with van der Waals surface area (Å²) in [5.41, 5.74) is 0.491. The third-order valence-electron chi connectivity index (χ3n) is 6.07. The highest BCUT2D eigenvalue weighted by Gasteiger charge is 2.48. The van der Waals surface area contributed by atoms with Gasteiger partial charge in [-0.25, -0.2) is 4.79 Å². The second-order valence-electron chi connectivity index (χ2n) is 9.31. The van der Waals surface area contributed by atoms with Crippen LogP contribution in [0.1, 0.15) is 106 Å². The maximum Gasteiger partial charge on any atom is 0.333 e. The predicted molar refractivity (Wildman–Crippen MR) is 111 cm³/mol. The zero-order valence-electron chi connectivity index (χ0n) is 18.3. The molecule has 1 unspecified atom stereocenters. The zero-order chi connectivity index (χ0) is 19.8. The first-order valence-electron chi connectivity index (χ1n) is 10.8. The van der Waals surface area contributed by atoms with Gasteiger partial charge in [-0.15, -0.1) is 0 Å². The number of nitrogens with zero attached hydrogens (tertiary/aromatic N) is 1. The van der Waals surface area contributed by atoms with Gasteiger partial charge in [-0.3, -0.25) is 4.90 Å². The molecule has 0 saturated carbocycles. The van der Waals surface area contributed by atoms with E-state index in [1.54, 1.807) is 6.92 Å². The molecule has 0 aromatic heterocycles. The first-order chi connectivity index (χ1) is 12.1. The molecule has 0 aliphatic carbocycles. The highest BCUT2D eigenvalue weighted by molar-refractivity contribution is 5.87. The summed E-state index contributed by atoms with van der Waals surface area (Å²) in [6, 6.07) is 0. The molecule has 26 heavy (non-hydrogen) atoms. The Morgan fingerprint density at radius 2 is 1.58 bits per heavy atom. The minimum Gasteiger partial charge on any atom is -0.457 e. The second kappa shape index (κ2) is 10.5. The first kappa shape index (κ1) is 23.2. The predicted octanol–water partition coefficient (Wildman–Crippen LogP) is 6.27. The van der Waals surface area contributed by atoms with E-state index in [1.807, 2.05) is 0 Å². The molecule has 1 aliphatic rings. The van der Waals surface area contributed by atoms with Gasteiger partial charge in [-0.05, 0) is 60.4 Å². The first-order valence-corrected chi connectivity index (χ1v) is 10.8. The number of ether oxygens (including phenoxy) is 1. The fourth-order valence-electron chi connectivity index (χ4n) is 4.35. The average Bonchev–Trinajstić information content (AvgIpc) is 2.55. The van der Waals surface area contributed by atoms with E-state index >= 15 is 0 Å². The Labute approximate surface area is 162 Å². The Balaban J connectivity index is 2.53. The molecule has 152 valence electrons. The maximum atomic E-state index is 12.0. The van der Waals surface area contributed by atoms with Crippen molar-refractivity contribution in [1.29, 1.82) is 0 Å².